The first kappa shape index (κ1) is 12.5. The summed E-state index contributed by atoms with van der Waals surface area (Å²) in [5.41, 5.74) is 0.616. The molecule has 1 spiro atoms. The summed E-state index contributed by atoms with van der Waals surface area (Å²) < 4.78 is 13.8. The highest BCUT2D eigenvalue weighted by Gasteiger charge is 2.40. The Morgan fingerprint density at radius 2 is 1.84 bits per heavy atom. The fourth-order valence-electron chi connectivity index (χ4n) is 3.20. The highest BCUT2D eigenvalue weighted by atomic mass is 19.1. The molecular formula is C15H19FN2O. The number of anilines is 2. The number of halogens is 1. The second-order valence-corrected chi connectivity index (χ2v) is 5.66. The van der Waals surface area contributed by atoms with E-state index in [1.165, 1.54) is 18.9 Å². The zero-order valence-corrected chi connectivity index (χ0v) is 11.0. The predicted molar refractivity (Wildman–Crippen MR) is 73.7 cm³/mol. The van der Waals surface area contributed by atoms with Crippen LogP contribution in [0.5, 0.6) is 0 Å². The van der Waals surface area contributed by atoms with E-state index in [2.05, 4.69) is 10.6 Å². The van der Waals surface area contributed by atoms with E-state index >= 15 is 0 Å². The number of rotatable bonds is 0. The molecule has 1 fully saturated rings. The largest absolute Gasteiger partial charge is 0.382 e. The fraction of sp³-hybridized carbons (Fsp3) is 0.533. The molecule has 1 aromatic carbocycles. The van der Waals surface area contributed by atoms with Crippen LogP contribution in [0.25, 0.3) is 0 Å². The third-order valence-corrected chi connectivity index (χ3v) is 4.41. The van der Waals surface area contributed by atoms with Gasteiger partial charge in [0.1, 0.15) is 11.5 Å². The third kappa shape index (κ3) is 2.20. The van der Waals surface area contributed by atoms with Crippen LogP contribution in [0, 0.1) is 11.2 Å². The Bertz CT molecular complexity index is 493. The van der Waals surface area contributed by atoms with Crippen LogP contribution < -0.4 is 10.6 Å². The van der Waals surface area contributed by atoms with Gasteiger partial charge in [0.2, 0.25) is 5.91 Å². The Morgan fingerprint density at radius 1 is 1.11 bits per heavy atom. The minimum Gasteiger partial charge on any atom is -0.382 e. The van der Waals surface area contributed by atoms with Crippen LogP contribution in [-0.2, 0) is 4.79 Å². The monoisotopic (exact) mass is 262 g/mol. The van der Waals surface area contributed by atoms with Crippen LogP contribution in [0.3, 0.4) is 0 Å². The number of carbonyl (C=O) groups excluding carboxylic acids is 1. The zero-order chi connectivity index (χ0) is 13.3. The van der Waals surface area contributed by atoms with Gasteiger partial charge in [-0.05, 0) is 25.0 Å². The van der Waals surface area contributed by atoms with Gasteiger partial charge in [0.25, 0.3) is 0 Å². The summed E-state index contributed by atoms with van der Waals surface area (Å²) in [5.74, 6) is -0.394. The summed E-state index contributed by atoms with van der Waals surface area (Å²) in [7, 11) is 0. The molecular weight excluding hydrogens is 243 g/mol. The molecule has 0 aromatic heterocycles. The molecule has 4 heteroatoms. The first-order chi connectivity index (χ1) is 9.21. The van der Waals surface area contributed by atoms with Gasteiger partial charge in [-0.2, -0.15) is 0 Å². The van der Waals surface area contributed by atoms with Crippen molar-refractivity contribution in [2.24, 2.45) is 5.41 Å². The summed E-state index contributed by atoms with van der Waals surface area (Å²) in [6.45, 7) is 0.606. The van der Waals surface area contributed by atoms with Crippen molar-refractivity contribution in [3.8, 4) is 0 Å². The van der Waals surface area contributed by atoms with E-state index in [4.69, 9.17) is 0 Å². The summed E-state index contributed by atoms with van der Waals surface area (Å²) in [4.78, 5) is 12.5. The van der Waals surface area contributed by atoms with Gasteiger partial charge in [-0.3, -0.25) is 4.79 Å². The Hall–Kier alpha value is -1.58. The average Bonchev–Trinajstić information content (AvgIpc) is 2.72. The standard InChI is InChI=1S/C15H19FN2O/c16-11-6-5-7-12-13(11)18-14(19)15(10-17-12)8-3-1-2-4-9-15/h5-7,17H,1-4,8-10H2,(H,18,19). The number of benzene rings is 1. The van der Waals surface area contributed by atoms with Crippen LogP contribution in [0.15, 0.2) is 18.2 Å². The predicted octanol–water partition coefficient (Wildman–Crippen LogP) is 3.53. The highest BCUT2D eigenvalue weighted by molar-refractivity contribution is 6.00. The van der Waals surface area contributed by atoms with Gasteiger partial charge in [0, 0.05) is 6.54 Å². The summed E-state index contributed by atoms with van der Waals surface area (Å²) in [6.07, 6.45) is 6.32. The number of hydrogen-bond donors (Lipinski definition) is 2. The number of hydrogen-bond acceptors (Lipinski definition) is 2. The van der Waals surface area contributed by atoms with Gasteiger partial charge in [0.15, 0.2) is 0 Å². The van der Waals surface area contributed by atoms with E-state index in [0.29, 0.717) is 17.9 Å². The number of fused-ring (bicyclic) bond motifs is 1. The quantitative estimate of drug-likeness (QED) is 0.751. The molecule has 0 atom stereocenters. The molecule has 1 aliphatic heterocycles. The molecule has 0 bridgehead atoms. The fourth-order valence-corrected chi connectivity index (χ4v) is 3.20. The topological polar surface area (TPSA) is 41.1 Å². The van der Waals surface area contributed by atoms with Crippen molar-refractivity contribution in [2.45, 2.75) is 38.5 Å². The van der Waals surface area contributed by atoms with E-state index in [1.807, 2.05) is 6.07 Å². The summed E-state index contributed by atoms with van der Waals surface area (Å²) in [5, 5.41) is 6.06. The zero-order valence-electron chi connectivity index (χ0n) is 11.0. The molecule has 1 saturated carbocycles. The van der Waals surface area contributed by atoms with Crippen molar-refractivity contribution >= 4 is 17.3 Å². The number of para-hydroxylation sites is 1. The minimum atomic E-state index is -0.373. The first-order valence-corrected chi connectivity index (χ1v) is 7.05. The van der Waals surface area contributed by atoms with E-state index in [9.17, 15) is 9.18 Å². The molecule has 0 unspecified atom stereocenters. The molecule has 3 nitrogen and oxygen atoms in total. The number of amides is 1. The maximum Gasteiger partial charge on any atom is 0.232 e. The summed E-state index contributed by atoms with van der Waals surface area (Å²) >= 11 is 0. The van der Waals surface area contributed by atoms with Gasteiger partial charge in [-0.25, -0.2) is 4.39 Å². The second-order valence-electron chi connectivity index (χ2n) is 5.66. The van der Waals surface area contributed by atoms with Crippen molar-refractivity contribution in [1.82, 2.24) is 0 Å². The van der Waals surface area contributed by atoms with Crippen LogP contribution in [0.1, 0.15) is 38.5 Å². The lowest BCUT2D eigenvalue weighted by atomic mass is 9.79. The lowest BCUT2D eigenvalue weighted by molar-refractivity contribution is -0.125. The summed E-state index contributed by atoms with van der Waals surface area (Å²) in [6, 6.07) is 4.86. The number of nitrogens with one attached hydrogen (secondary N) is 2. The minimum absolute atomic E-state index is 0.0225. The Balaban J connectivity index is 1.93. The Morgan fingerprint density at radius 3 is 2.58 bits per heavy atom. The van der Waals surface area contributed by atoms with Crippen molar-refractivity contribution in [2.75, 3.05) is 17.2 Å². The average molecular weight is 262 g/mol. The molecule has 1 amide bonds. The SMILES string of the molecule is O=C1Nc2c(F)cccc2NCC12CCCCCC2. The van der Waals surface area contributed by atoms with Crippen molar-refractivity contribution in [3.05, 3.63) is 24.0 Å². The molecule has 1 aromatic rings. The molecule has 0 saturated heterocycles. The molecule has 19 heavy (non-hydrogen) atoms. The van der Waals surface area contributed by atoms with Crippen LogP contribution >= 0.6 is 0 Å². The molecule has 0 radical (unpaired) electrons. The van der Waals surface area contributed by atoms with E-state index in [0.717, 1.165) is 25.7 Å². The highest BCUT2D eigenvalue weighted by Crippen LogP contribution is 2.40. The molecule has 1 aliphatic carbocycles. The maximum absolute atomic E-state index is 13.8. The van der Waals surface area contributed by atoms with Crippen molar-refractivity contribution in [3.63, 3.8) is 0 Å². The first-order valence-electron chi connectivity index (χ1n) is 7.05. The Labute approximate surface area is 112 Å². The van der Waals surface area contributed by atoms with E-state index in [1.54, 1.807) is 6.07 Å². The third-order valence-electron chi connectivity index (χ3n) is 4.41. The molecule has 2 aliphatic rings. The van der Waals surface area contributed by atoms with Crippen LogP contribution in [-0.4, -0.2) is 12.5 Å². The normalized spacial score (nSPS) is 21.8. The lowest BCUT2D eigenvalue weighted by Crippen LogP contribution is -2.39. The van der Waals surface area contributed by atoms with Crippen molar-refractivity contribution in [1.29, 1.82) is 0 Å². The Kier molecular flexibility index (Phi) is 3.17. The van der Waals surface area contributed by atoms with Gasteiger partial charge in [-0.15, -0.1) is 0 Å². The van der Waals surface area contributed by atoms with Gasteiger partial charge >= 0.3 is 0 Å². The smallest absolute Gasteiger partial charge is 0.232 e. The molecule has 2 N–H and O–H groups in total. The van der Waals surface area contributed by atoms with E-state index < -0.39 is 0 Å². The van der Waals surface area contributed by atoms with Gasteiger partial charge in [0.05, 0.1) is 11.1 Å². The maximum atomic E-state index is 13.8. The molecule has 3 rings (SSSR count). The van der Waals surface area contributed by atoms with E-state index in [-0.39, 0.29) is 17.1 Å². The molecule has 102 valence electrons. The lowest BCUT2D eigenvalue weighted by Gasteiger charge is -2.29. The van der Waals surface area contributed by atoms with Gasteiger partial charge in [-0.1, -0.05) is 31.7 Å². The van der Waals surface area contributed by atoms with Crippen molar-refractivity contribution < 1.29 is 9.18 Å². The van der Waals surface area contributed by atoms with Gasteiger partial charge < -0.3 is 10.6 Å². The number of carbonyl (C=O) groups is 1. The van der Waals surface area contributed by atoms with Crippen LogP contribution in [0.4, 0.5) is 15.8 Å². The second kappa shape index (κ2) is 4.83. The molecule has 1 heterocycles. The van der Waals surface area contributed by atoms with Crippen LogP contribution in [0.2, 0.25) is 0 Å².